The molecule has 0 spiro atoms. The average Bonchev–Trinajstić information content (AvgIpc) is 2.25. The highest BCUT2D eigenvalue weighted by molar-refractivity contribution is 7.89. The second kappa shape index (κ2) is 6.51. The average molecular weight is 323 g/mol. The molecule has 1 aromatic rings. The minimum Gasteiger partial charge on any atom is -0.329 e. The summed E-state index contributed by atoms with van der Waals surface area (Å²) in [6.07, 6.45) is -4.96. The normalized spacial score (nSPS) is 12.1. The van der Waals surface area contributed by atoms with Crippen molar-refractivity contribution in [2.75, 3.05) is 13.1 Å². The van der Waals surface area contributed by atoms with E-state index in [0.717, 1.165) is 0 Å². The van der Waals surface area contributed by atoms with Gasteiger partial charge in [0.05, 0.1) is 10.5 Å². The van der Waals surface area contributed by atoms with E-state index in [0.29, 0.717) is 12.1 Å². The van der Waals surface area contributed by atoms with Gasteiger partial charge in [-0.2, -0.15) is 13.2 Å². The molecule has 0 atom stereocenters. The van der Waals surface area contributed by atoms with Gasteiger partial charge in [-0.05, 0) is 18.2 Å². The number of hydrogen-bond acceptors (Lipinski definition) is 3. The minimum atomic E-state index is -4.96. The number of halogens is 5. The molecule has 0 fully saturated rings. The fourth-order valence-corrected chi connectivity index (χ4v) is 2.48. The number of hydrogen-bond donors (Lipinski definition) is 2. The van der Waals surface area contributed by atoms with Gasteiger partial charge in [0.15, 0.2) is 0 Å². The molecule has 110 valence electrons. The number of rotatable bonds is 4. The van der Waals surface area contributed by atoms with E-state index >= 15 is 0 Å². The van der Waals surface area contributed by atoms with Gasteiger partial charge in [0.2, 0.25) is 10.0 Å². The lowest BCUT2D eigenvalue weighted by Crippen LogP contribution is -2.30. The standard InChI is InChI=1S/C9H10F4N2O2S.ClH/c10-6-1-2-8(7(5-6)9(11,12)13)18(16,17)15-4-3-14;/h1-2,5,15H,3-4,14H2;1H. The van der Waals surface area contributed by atoms with E-state index < -0.39 is 32.5 Å². The van der Waals surface area contributed by atoms with Crippen molar-refractivity contribution in [2.45, 2.75) is 11.1 Å². The molecular formula is C9H11ClF4N2O2S. The molecule has 0 unspecified atom stereocenters. The van der Waals surface area contributed by atoms with E-state index in [1.165, 1.54) is 0 Å². The van der Waals surface area contributed by atoms with Crippen LogP contribution in [0, 0.1) is 5.82 Å². The van der Waals surface area contributed by atoms with Gasteiger partial charge in [0.25, 0.3) is 0 Å². The maximum absolute atomic E-state index is 12.8. The molecule has 3 N–H and O–H groups in total. The molecule has 0 saturated heterocycles. The third kappa shape index (κ3) is 4.60. The Hall–Kier alpha value is -0.900. The van der Waals surface area contributed by atoms with Gasteiger partial charge in [0.1, 0.15) is 5.82 Å². The van der Waals surface area contributed by atoms with Crippen molar-refractivity contribution in [3.63, 3.8) is 0 Å². The van der Waals surface area contributed by atoms with Gasteiger partial charge in [-0.1, -0.05) is 0 Å². The van der Waals surface area contributed by atoms with E-state index in [-0.39, 0.29) is 31.6 Å². The molecule has 0 aromatic heterocycles. The summed E-state index contributed by atoms with van der Waals surface area (Å²) in [5.41, 5.74) is 3.50. The van der Waals surface area contributed by atoms with E-state index in [9.17, 15) is 26.0 Å². The van der Waals surface area contributed by atoms with Gasteiger partial charge >= 0.3 is 6.18 Å². The van der Waals surface area contributed by atoms with Gasteiger partial charge in [-0.25, -0.2) is 17.5 Å². The van der Waals surface area contributed by atoms with Crippen LogP contribution < -0.4 is 10.5 Å². The zero-order valence-electron chi connectivity index (χ0n) is 9.37. The Morgan fingerprint density at radius 3 is 2.32 bits per heavy atom. The summed E-state index contributed by atoms with van der Waals surface area (Å²) >= 11 is 0. The van der Waals surface area contributed by atoms with Crippen LogP contribution in [-0.2, 0) is 16.2 Å². The third-order valence-electron chi connectivity index (χ3n) is 1.97. The maximum Gasteiger partial charge on any atom is 0.417 e. The molecule has 0 radical (unpaired) electrons. The van der Waals surface area contributed by atoms with Crippen molar-refractivity contribution in [1.29, 1.82) is 0 Å². The zero-order chi connectivity index (χ0) is 14.0. The van der Waals surface area contributed by atoms with Gasteiger partial charge in [0, 0.05) is 13.1 Å². The summed E-state index contributed by atoms with van der Waals surface area (Å²) < 4.78 is 75.6. The largest absolute Gasteiger partial charge is 0.417 e. The van der Waals surface area contributed by atoms with Crippen LogP contribution >= 0.6 is 12.4 Å². The maximum atomic E-state index is 12.8. The van der Waals surface area contributed by atoms with E-state index in [1.54, 1.807) is 0 Å². The predicted octanol–water partition coefficient (Wildman–Crippen LogP) is 1.50. The number of sulfonamides is 1. The molecule has 0 aliphatic carbocycles. The SMILES string of the molecule is Cl.NCCNS(=O)(=O)c1ccc(F)cc1C(F)(F)F. The van der Waals surface area contributed by atoms with Crippen LogP contribution in [0.5, 0.6) is 0 Å². The molecule has 1 aromatic carbocycles. The molecule has 0 aliphatic heterocycles. The van der Waals surface area contributed by atoms with Crippen LogP contribution in [0.1, 0.15) is 5.56 Å². The lowest BCUT2D eigenvalue weighted by Gasteiger charge is -2.13. The summed E-state index contributed by atoms with van der Waals surface area (Å²) in [7, 11) is -4.37. The molecule has 0 heterocycles. The minimum absolute atomic E-state index is 0. The number of nitrogens with one attached hydrogen (secondary N) is 1. The van der Waals surface area contributed by atoms with Crippen LogP contribution in [0.4, 0.5) is 17.6 Å². The molecule has 0 bridgehead atoms. The Morgan fingerprint density at radius 1 is 1.26 bits per heavy atom. The Labute approximate surface area is 113 Å². The topological polar surface area (TPSA) is 72.2 Å². The molecule has 0 amide bonds. The molecule has 0 saturated carbocycles. The highest BCUT2D eigenvalue weighted by Gasteiger charge is 2.37. The first-order valence-electron chi connectivity index (χ1n) is 4.75. The van der Waals surface area contributed by atoms with Crippen LogP contribution in [0.25, 0.3) is 0 Å². The van der Waals surface area contributed by atoms with E-state index in [4.69, 9.17) is 5.73 Å². The monoisotopic (exact) mass is 322 g/mol. The molecule has 0 aliphatic rings. The molecular weight excluding hydrogens is 312 g/mol. The summed E-state index contributed by atoms with van der Waals surface area (Å²) in [5.74, 6) is -1.17. The lowest BCUT2D eigenvalue weighted by atomic mass is 10.2. The number of benzene rings is 1. The van der Waals surface area contributed by atoms with Crippen molar-refractivity contribution in [1.82, 2.24) is 4.72 Å². The van der Waals surface area contributed by atoms with Gasteiger partial charge < -0.3 is 5.73 Å². The summed E-state index contributed by atoms with van der Waals surface area (Å²) in [6, 6.07) is 1.35. The predicted molar refractivity (Wildman–Crippen MR) is 62.9 cm³/mol. The smallest absolute Gasteiger partial charge is 0.329 e. The third-order valence-corrected chi connectivity index (χ3v) is 3.49. The van der Waals surface area contributed by atoms with Crippen molar-refractivity contribution in [3.05, 3.63) is 29.6 Å². The molecule has 1 rings (SSSR count). The lowest BCUT2D eigenvalue weighted by molar-refractivity contribution is -0.140. The molecule has 4 nitrogen and oxygen atoms in total. The zero-order valence-corrected chi connectivity index (χ0v) is 11.0. The van der Waals surface area contributed by atoms with Crippen LogP contribution in [-0.4, -0.2) is 21.5 Å². The number of alkyl halides is 3. The van der Waals surface area contributed by atoms with Crippen molar-refractivity contribution in [2.24, 2.45) is 5.73 Å². The number of nitrogens with two attached hydrogens (primary N) is 1. The Balaban J connectivity index is 0.00000324. The first-order valence-corrected chi connectivity index (χ1v) is 6.23. The first kappa shape index (κ1) is 18.1. The Morgan fingerprint density at radius 2 is 1.84 bits per heavy atom. The molecule has 10 heteroatoms. The first-order chi connectivity index (χ1) is 8.18. The Kier molecular flexibility index (Phi) is 6.20. The fourth-order valence-electron chi connectivity index (χ4n) is 1.23. The highest BCUT2D eigenvalue weighted by atomic mass is 35.5. The van der Waals surface area contributed by atoms with Crippen LogP contribution in [0.2, 0.25) is 0 Å². The van der Waals surface area contributed by atoms with E-state index in [2.05, 4.69) is 0 Å². The molecule has 19 heavy (non-hydrogen) atoms. The summed E-state index contributed by atoms with van der Waals surface area (Å²) in [4.78, 5) is -1.02. The van der Waals surface area contributed by atoms with Crippen LogP contribution in [0.3, 0.4) is 0 Å². The highest BCUT2D eigenvalue weighted by Crippen LogP contribution is 2.34. The summed E-state index contributed by atoms with van der Waals surface area (Å²) in [5, 5.41) is 0. The van der Waals surface area contributed by atoms with Crippen molar-refractivity contribution >= 4 is 22.4 Å². The fraction of sp³-hybridized carbons (Fsp3) is 0.333. The Bertz CT molecular complexity index is 534. The summed E-state index contributed by atoms with van der Waals surface area (Å²) in [6.45, 7) is -0.279. The second-order valence-electron chi connectivity index (χ2n) is 3.32. The van der Waals surface area contributed by atoms with Crippen LogP contribution in [0.15, 0.2) is 23.1 Å². The van der Waals surface area contributed by atoms with E-state index in [1.807, 2.05) is 4.72 Å². The van der Waals surface area contributed by atoms with Gasteiger partial charge in [-0.3, -0.25) is 0 Å². The van der Waals surface area contributed by atoms with Crippen molar-refractivity contribution in [3.8, 4) is 0 Å². The quantitative estimate of drug-likeness (QED) is 0.825. The van der Waals surface area contributed by atoms with Crippen molar-refractivity contribution < 1.29 is 26.0 Å². The van der Waals surface area contributed by atoms with Gasteiger partial charge in [-0.15, -0.1) is 12.4 Å². The second-order valence-corrected chi connectivity index (χ2v) is 5.06.